The van der Waals surface area contributed by atoms with Gasteiger partial charge in [-0.1, -0.05) is 18.2 Å². The van der Waals surface area contributed by atoms with Crippen LogP contribution >= 0.6 is 0 Å². The minimum absolute atomic E-state index is 0.258. The topological polar surface area (TPSA) is 100 Å². The van der Waals surface area contributed by atoms with Gasteiger partial charge < -0.3 is 9.73 Å². The van der Waals surface area contributed by atoms with Gasteiger partial charge in [0.15, 0.2) is 17.5 Å². The molecule has 128 valence electrons. The number of hydrogen-bond donors (Lipinski definition) is 1. The maximum absolute atomic E-state index is 12.6. The van der Waals surface area contributed by atoms with Crippen LogP contribution < -0.4 is 5.32 Å². The monoisotopic (exact) mass is 338 g/mol. The minimum atomic E-state index is -1.47. The molecule has 2 rings (SSSR count). The molecule has 0 bridgehead atoms. The van der Waals surface area contributed by atoms with E-state index in [1.54, 1.807) is 25.1 Å². The summed E-state index contributed by atoms with van der Waals surface area (Å²) in [7, 11) is 0. The summed E-state index contributed by atoms with van der Waals surface area (Å²) in [6, 6.07) is 7.39. The Bertz CT molecular complexity index is 847. The van der Waals surface area contributed by atoms with E-state index in [2.05, 4.69) is 5.32 Å². The lowest BCUT2D eigenvalue weighted by molar-refractivity contribution is -0.121. The second-order valence-electron chi connectivity index (χ2n) is 5.78. The Hall–Kier alpha value is -3.20. The van der Waals surface area contributed by atoms with Crippen molar-refractivity contribution in [2.45, 2.75) is 26.8 Å². The van der Waals surface area contributed by atoms with Gasteiger partial charge in [0, 0.05) is 5.56 Å². The van der Waals surface area contributed by atoms with E-state index in [9.17, 15) is 19.6 Å². The molecule has 0 aliphatic rings. The first-order valence-electron chi connectivity index (χ1n) is 7.73. The fraction of sp³-hybridized carbons (Fsp3) is 0.263. The predicted molar refractivity (Wildman–Crippen MR) is 90.0 cm³/mol. The van der Waals surface area contributed by atoms with Gasteiger partial charge in [0.2, 0.25) is 0 Å². The zero-order chi connectivity index (χ0) is 18.6. The number of benzene rings is 1. The highest BCUT2D eigenvalue weighted by atomic mass is 16.3. The van der Waals surface area contributed by atoms with Crippen molar-refractivity contribution in [3.05, 3.63) is 59.0 Å². The highest BCUT2D eigenvalue weighted by Gasteiger charge is 2.32. The Morgan fingerprint density at radius 3 is 2.52 bits per heavy atom. The number of carbonyl (C=O) groups is 3. The normalized spacial score (nSPS) is 12.7. The average molecular weight is 338 g/mol. The van der Waals surface area contributed by atoms with Crippen molar-refractivity contribution >= 4 is 17.5 Å². The predicted octanol–water partition coefficient (Wildman–Crippen LogP) is 2.61. The van der Waals surface area contributed by atoms with Gasteiger partial charge in [-0.3, -0.25) is 14.4 Å². The summed E-state index contributed by atoms with van der Waals surface area (Å²) in [6.07, 6.45) is 2.58. The molecule has 0 fully saturated rings. The van der Waals surface area contributed by atoms with E-state index in [4.69, 9.17) is 4.42 Å². The molecule has 6 nitrogen and oxygen atoms in total. The highest BCUT2D eigenvalue weighted by Crippen LogP contribution is 2.18. The van der Waals surface area contributed by atoms with Gasteiger partial charge in [0.1, 0.15) is 6.26 Å². The molecule has 1 aromatic heterocycles. The summed E-state index contributed by atoms with van der Waals surface area (Å²) in [5.74, 6) is -3.19. The summed E-state index contributed by atoms with van der Waals surface area (Å²) in [5, 5.41) is 11.8. The largest absolute Gasteiger partial charge is 0.472 e. The molecule has 0 spiro atoms. The second kappa shape index (κ2) is 7.58. The number of carbonyl (C=O) groups excluding carboxylic acids is 3. The van der Waals surface area contributed by atoms with E-state index in [0.29, 0.717) is 5.56 Å². The zero-order valence-corrected chi connectivity index (χ0v) is 14.2. The van der Waals surface area contributed by atoms with Crippen molar-refractivity contribution in [1.29, 1.82) is 5.26 Å². The number of hydrogen-bond acceptors (Lipinski definition) is 5. The third-order valence-electron chi connectivity index (χ3n) is 4.10. The van der Waals surface area contributed by atoms with E-state index < -0.39 is 29.4 Å². The minimum Gasteiger partial charge on any atom is -0.472 e. The van der Waals surface area contributed by atoms with Crippen molar-refractivity contribution in [3.63, 3.8) is 0 Å². The standard InChI is InChI=1S/C19H18N2O4/c1-11-5-4-6-15(12(11)2)18(23)16(9-20)17(22)13(3)21-19(24)14-7-8-25-10-14/h4-8,10,13,16H,1-3H3,(H,21,24)/t13-,16-/m0/s1. The quantitative estimate of drug-likeness (QED) is 0.644. The molecule has 0 radical (unpaired) electrons. The van der Waals surface area contributed by atoms with Crippen LogP contribution in [0.4, 0.5) is 0 Å². The summed E-state index contributed by atoms with van der Waals surface area (Å²) < 4.78 is 4.81. The van der Waals surface area contributed by atoms with Crippen LogP contribution in [0.3, 0.4) is 0 Å². The number of amides is 1. The lowest BCUT2D eigenvalue weighted by Gasteiger charge is -2.16. The van der Waals surface area contributed by atoms with Crippen LogP contribution in [0.5, 0.6) is 0 Å². The number of nitrogens with one attached hydrogen (secondary N) is 1. The highest BCUT2D eigenvalue weighted by molar-refractivity contribution is 6.15. The van der Waals surface area contributed by atoms with Gasteiger partial charge in [0.25, 0.3) is 5.91 Å². The summed E-state index contributed by atoms with van der Waals surface area (Å²) in [4.78, 5) is 37.1. The molecule has 2 aromatic rings. The Morgan fingerprint density at radius 2 is 1.92 bits per heavy atom. The number of nitriles is 1. The van der Waals surface area contributed by atoms with Crippen molar-refractivity contribution in [3.8, 4) is 6.07 Å². The molecule has 1 N–H and O–H groups in total. The number of aryl methyl sites for hydroxylation is 1. The molecule has 0 saturated heterocycles. The van der Waals surface area contributed by atoms with Crippen LogP contribution in [0.1, 0.15) is 38.8 Å². The third kappa shape index (κ3) is 3.83. The van der Waals surface area contributed by atoms with Crippen LogP contribution in [0.25, 0.3) is 0 Å². The SMILES string of the molecule is Cc1cccc(C(=O)[C@@H](C#N)C(=O)[C@H](C)NC(=O)c2ccoc2)c1C. The first-order chi connectivity index (χ1) is 11.9. The maximum Gasteiger partial charge on any atom is 0.255 e. The molecule has 0 saturated carbocycles. The zero-order valence-electron chi connectivity index (χ0n) is 14.2. The van der Waals surface area contributed by atoms with E-state index in [0.717, 1.165) is 11.1 Å². The average Bonchev–Trinajstić information content (AvgIpc) is 3.12. The molecule has 1 amide bonds. The van der Waals surface area contributed by atoms with Crippen LogP contribution in [0.15, 0.2) is 41.2 Å². The first-order valence-corrected chi connectivity index (χ1v) is 7.73. The molecule has 2 atom stereocenters. The van der Waals surface area contributed by atoms with E-state index in [-0.39, 0.29) is 5.56 Å². The molecule has 0 unspecified atom stereocenters. The van der Waals surface area contributed by atoms with Gasteiger partial charge in [-0.05, 0) is 38.0 Å². The number of nitrogens with zero attached hydrogens (tertiary/aromatic N) is 1. The maximum atomic E-state index is 12.6. The molecule has 0 aliphatic carbocycles. The van der Waals surface area contributed by atoms with Crippen LogP contribution in [-0.2, 0) is 4.79 Å². The fourth-order valence-electron chi connectivity index (χ4n) is 2.42. The molecular formula is C19H18N2O4. The third-order valence-corrected chi connectivity index (χ3v) is 4.10. The number of rotatable bonds is 6. The van der Waals surface area contributed by atoms with E-state index in [1.807, 2.05) is 13.0 Å². The van der Waals surface area contributed by atoms with Crippen molar-refractivity contribution in [1.82, 2.24) is 5.32 Å². The first kappa shape index (κ1) is 18.1. The van der Waals surface area contributed by atoms with Crippen molar-refractivity contribution in [2.24, 2.45) is 5.92 Å². The number of Topliss-reactive ketones (excluding diaryl/α,β-unsaturated/α-hetero) is 2. The molecule has 6 heteroatoms. The summed E-state index contributed by atoms with van der Waals surface area (Å²) in [5.41, 5.74) is 2.23. The fourth-order valence-corrected chi connectivity index (χ4v) is 2.42. The Kier molecular flexibility index (Phi) is 5.50. The molecule has 1 heterocycles. The number of ketones is 2. The Morgan fingerprint density at radius 1 is 1.20 bits per heavy atom. The Balaban J connectivity index is 2.17. The summed E-state index contributed by atoms with van der Waals surface area (Å²) >= 11 is 0. The summed E-state index contributed by atoms with van der Waals surface area (Å²) in [6.45, 7) is 5.07. The molecule has 25 heavy (non-hydrogen) atoms. The van der Waals surface area contributed by atoms with Crippen molar-refractivity contribution < 1.29 is 18.8 Å². The van der Waals surface area contributed by atoms with Crippen LogP contribution in [0, 0.1) is 31.1 Å². The van der Waals surface area contributed by atoms with Gasteiger partial charge in [-0.15, -0.1) is 0 Å². The van der Waals surface area contributed by atoms with E-state index in [1.165, 1.54) is 25.5 Å². The Labute approximate surface area is 145 Å². The molecular weight excluding hydrogens is 320 g/mol. The van der Waals surface area contributed by atoms with Gasteiger partial charge in [0.05, 0.1) is 23.9 Å². The van der Waals surface area contributed by atoms with Gasteiger partial charge >= 0.3 is 0 Å². The number of furan rings is 1. The van der Waals surface area contributed by atoms with E-state index >= 15 is 0 Å². The lowest BCUT2D eigenvalue weighted by atomic mass is 9.88. The van der Waals surface area contributed by atoms with Gasteiger partial charge in [-0.25, -0.2) is 0 Å². The smallest absolute Gasteiger partial charge is 0.255 e. The van der Waals surface area contributed by atoms with Gasteiger partial charge in [-0.2, -0.15) is 5.26 Å². The van der Waals surface area contributed by atoms with Crippen molar-refractivity contribution in [2.75, 3.05) is 0 Å². The second-order valence-corrected chi connectivity index (χ2v) is 5.78. The van der Waals surface area contributed by atoms with Crippen LogP contribution in [-0.4, -0.2) is 23.5 Å². The molecule has 1 aromatic carbocycles. The van der Waals surface area contributed by atoms with Crippen LogP contribution in [0.2, 0.25) is 0 Å². The lowest BCUT2D eigenvalue weighted by Crippen LogP contribution is -2.43. The molecule has 0 aliphatic heterocycles.